The van der Waals surface area contributed by atoms with Crippen LogP contribution in [0.1, 0.15) is 11.1 Å². The largest absolute Gasteiger partial charge is 0.384 e. The summed E-state index contributed by atoms with van der Waals surface area (Å²) in [5.74, 6) is 4.35. The topological polar surface area (TPSA) is 66.4 Å². The van der Waals surface area contributed by atoms with Crippen molar-refractivity contribution in [2.24, 2.45) is 0 Å². The van der Waals surface area contributed by atoms with Gasteiger partial charge in [0.05, 0.1) is 16.1 Å². The standard InChI is InChI=1S/C16H14FNO3S/c1-12-4-7-15(8-5-12)22(20,21)18-16-9-6-14(17)11-13(16)3-2-10-19/h4-9,11,18-19H,10H2,1H3. The Kier molecular flexibility index (Phi) is 4.81. The van der Waals surface area contributed by atoms with Crippen LogP contribution in [0, 0.1) is 24.6 Å². The normalized spacial score (nSPS) is 10.7. The molecule has 0 heterocycles. The Balaban J connectivity index is 2.39. The summed E-state index contributed by atoms with van der Waals surface area (Å²) in [6.45, 7) is 1.45. The van der Waals surface area contributed by atoms with Gasteiger partial charge in [-0.15, -0.1) is 0 Å². The van der Waals surface area contributed by atoms with Crippen LogP contribution in [0.3, 0.4) is 0 Å². The molecule has 0 amide bonds. The maximum Gasteiger partial charge on any atom is 0.261 e. The lowest BCUT2D eigenvalue weighted by molar-refractivity contribution is 0.350. The van der Waals surface area contributed by atoms with E-state index in [0.29, 0.717) is 0 Å². The summed E-state index contributed by atoms with van der Waals surface area (Å²) in [5, 5.41) is 8.72. The molecule has 22 heavy (non-hydrogen) atoms. The molecule has 0 aliphatic carbocycles. The molecule has 0 radical (unpaired) electrons. The number of anilines is 1. The van der Waals surface area contributed by atoms with E-state index in [9.17, 15) is 12.8 Å². The minimum Gasteiger partial charge on any atom is -0.384 e. The minimum atomic E-state index is -3.79. The zero-order valence-corrected chi connectivity index (χ0v) is 12.6. The summed E-state index contributed by atoms with van der Waals surface area (Å²) >= 11 is 0. The van der Waals surface area contributed by atoms with Gasteiger partial charge in [-0.2, -0.15) is 0 Å². The van der Waals surface area contributed by atoms with Gasteiger partial charge in [-0.25, -0.2) is 12.8 Å². The molecule has 0 saturated heterocycles. The summed E-state index contributed by atoms with van der Waals surface area (Å²) < 4.78 is 40.3. The minimum absolute atomic E-state index is 0.100. The highest BCUT2D eigenvalue weighted by Gasteiger charge is 2.15. The molecule has 2 N–H and O–H groups in total. The van der Waals surface area contributed by atoms with Gasteiger partial charge in [-0.1, -0.05) is 29.5 Å². The molecule has 0 aliphatic rings. The summed E-state index contributed by atoms with van der Waals surface area (Å²) in [6.07, 6.45) is 0. The van der Waals surface area contributed by atoms with E-state index in [1.54, 1.807) is 12.1 Å². The lowest BCUT2D eigenvalue weighted by Crippen LogP contribution is -2.14. The van der Waals surface area contributed by atoms with Crippen molar-refractivity contribution in [1.82, 2.24) is 0 Å². The molecule has 0 aromatic heterocycles. The van der Waals surface area contributed by atoms with Crippen molar-refractivity contribution in [2.45, 2.75) is 11.8 Å². The summed E-state index contributed by atoms with van der Waals surface area (Å²) in [7, 11) is -3.79. The zero-order valence-electron chi connectivity index (χ0n) is 11.8. The SMILES string of the molecule is Cc1ccc(S(=O)(=O)Nc2ccc(F)cc2C#CCO)cc1. The zero-order chi connectivity index (χ0) is 16.2. The van der Waals surface area contributed by atoms with E-state index in [4.69, 9.17) is 5.11 Å². The Labute approximate surface area is 128 Å². The number of nitrogens with one attached hydrogen (secondary N) is 1. The van der Waals surface area contributed by atoms with Gasteiger partial charge in [0.15, 0.2) is 0 Å². The monoisotopic (exact) mass is 319 g/mol. The second-order valence-electron chi connectivity index (χ2n) is 4.57. The van der Waals surface area contributed by atoms with Crippen LogP contribution in [0.25, 0.3) is 0 Å². The Morgan fingerprint density at radius 2 is 1.86 bits per heavy atom. The van der Waals surface area contributed by atoms with Crippen molar-refractivity contribution in [3.8, 4) is 11.8 Å². The third-order valence-electron chi connectivity index (χ3n) is 2.86. The molecule has 0 fully saturated rings. The van der Waals surface area contributed by atoms with E-state index in [1.807, 2.05) is 6.92 Å². The fraction of sp³-hybridized carbons (Fsp3) is 0.125. The first kappa shape index (κ1) is 16.0. The highest BCUT2D eigenvalue weighted by Crippen LogP contribution is 2.21. The molecule has 0 atom stereocenters. The fourth-order valence-electron chi connectivity index (χ4n) is 1.76. The van der Waals surface area contributed by atoms with Crippen LogP contribution in [0.15, 0.2) is 47.4 Å². The first-order valence-corrected chi connectivity index (χ1v) is 7.89. The Morgan fingerprint density at radius 1 is 1.18 bits per heavy atom. The third-order valence-corrected chi connectivity index (χ3v) is 4.24. The van der Waals surface area contributed by atoms with Gasteiger partial charge in [0, 0.05) is 0 Å². The molecule has 0 unspecified atom stereocenters. The number of aliphatic hydroxyl groups excluding tert-OH is 1. The van der Waals surface area contributed by atoms with Crippen molar-refractivity contribution in [1.29, 1.82) is 0 Å². The summed E-state index contributed by atoms with van der Waals surface area (Å²) in [4.78, 5) is 0.100. The smallest absolute Gasteiger partial charge is 0.261 e. The Bertz CT molecular complexity index is 834. The number of halogens is 1. The first-order chi connectivity index (χ1) is 10.4. The average Bonchev–Trinajstić information content (AvgIpc) is 2.48. The summed E-state index contributed by atoms with van der Waals surface area (Å²) in [6, 6.07) is 9.88. The van der Waals surface area contributed by atoms with Crippen molar-refractivity contribution < 1.29 is 17.9 Å². The van der Waals surface area contributed by atoms with Gasteiger partial charge in [-0.3, -0.25) is 4.72 Å². The maximum atomic E-state index is 13.3. The predicted molar refractivity (Wildman–Crippen MR) is 82.4 cm³/mol. The van der Waals surface area contributed by atoms with Crippen LogP contribution in [0.5, 0.6) is 0 Å². The van der Waals surface area contributed by atoms with Gasteiger partial charge in [0.25, 0.3) is 10.0 Å². The molecule has 0 bridgehead atoms. The Morgan fingerprint density at radius 3 is 2.50 bits per heavy atom. The lowest BCUT2D eigenvalue weighted by atomic mass is 10.2. The number of aryl methyl sites for hydroxylation is 1. The van der Waals surface area contributed by atoms with Crippen LogP contribution < -0.4 is 4.72 Å². The van der Waals surface area contributed by atoms with Gasteiger partial charge < -0.3 is 5.11 Å². The molecular weight excluding hydrogens is 305 g/mol. The molecule has 0 aliphatic heterocycles. The molecule has 0 spiro atoms. The number of hydrogen-bond donors (Lipinski definition) is 2. The van der Waals surface area contributed by atoms with E-state index in [2.05, 4.69) is 16.6 Å². The number of benzene rings is 2. The summed E-state index contributed by atoms with van der Waals surface area (Å²) in [5.41, 5.74) is 1.25. The Hall–Kier alpha value is -2.36. The highest BCUT2D eigenvalue weighted by atomic mass is 32.2. The molecule has 2 aromatic rings. The number of sulfonamides is 1. The highest BCUT2D eigenvalue weighted by molar-refractivity contribution is 7.92. The lowest BCUT2D eigenvalue weighted by Gasteiger charge is -2.10. The second-order valence-corrected chi connectivity index (χ2v) is 6.25. The van der Waals surface area contributed by atoms with E-state index < -0.39 is 22.4 Å². The van der Waals surface area contributed by atoms with Crippen molar-refractivity contribution >= 4 is 15.7 Å². The van der Waals surface area contributed by atoms with Gasteiger partial charge in [-0.05, 0) is 37.3 Å². The van der Waals surface area contributed by atoms with Crippen LogP contribution >= 0.6 is 0 Å². The van der Waals surface area contributed by atoms with Crippen LogP contribution in [-0.2, 0) is 10.0 Å². The number of hydrogen-bond acceptors (Lipinski definition) is 3. The second kappa shape index (κ2) is 6.60. The molecular formula is C16H14FNO3S. The van der Waals surface area contributed by atoms with E-state index in [1.165, 1.54) is 18.2 Å². The number of rotatable bonds is 3. The molecule has 2 rings (SSSR count). The average molecular weight is 319 g/mol. The van der Waals surface area contributed by atoms with Crippen molar-refractivity contribution in [3.63, 3.8) is 0 Å². The van der Waals surface area contributed by atoms with Gasteiger partial charge >= 0.3 is 0 Å². The third kappa shape index (κ3) is 3.85. The van der Waals surface area contributed by atoms with Crippen molar-refractivity contribution in [3.05, 3.63) is 59.4 Å². The van der Waals surface area contributed by atoms with E-state index in [0.717, 1.165) is 17.7 Å². The molecule has 0 saturated carbocycles. The van der Waals surface area contributed by atoms with E-state index in [-0.39, 0.29) is 16.1 Å². The van der Waals surface area contributed by atoms with Crippen LogP contribution in [0.4, 0.5) is 10.1 Å². The van der Waals surface area contributed by atoms with Crippen LogP contribution in [-0.4, -0.2) is 20.1 Å². The quantitative estimate of drug-likeness (QED) is 0.853. The molecule has 114 valence electrons. The van der Waals surface area contributed by atoms with Crippen molar-refractivity contribution in [2.75, 3.05) is 11.3 Å². The van der Waals surface area contributed by atoms with Gasteiger partial charge in [0.1, 0.15) is 12.4 Å². The molecule has 2 aromatic carbocycles. The fourth-order valence-corrected chi connectivity index (χ4v) is 2.84. The van der Waals surface area contributed by atoms with Crippen LogP contribution in [0.2, 0.25) is 0 Å². The first-order valence-electron chi connectivity index (χ1n) is 6.41. The van der Waals surface area contributed by atoms with E-state index >= 15 is 0 Å². The number of aliphatic hydroxyl groups is 1. The predicted octanol–water partition coefficient (Wildman–Crippen LogP) is 2.28. The van der Waals surface area contributed by atoms with Gasteiger partial charge in [0.2, 0.25) is 0 Å². The molecule has 4 nitrogen and oxygen atoms in total. The maximum absolute atomic E-state index is 13.3. The molecule has 6 heteroatoms.